The second kappa shape index (κ2) is 8.07. The Labute approximate surface area is 158 Å². The summed E-state index contributed by atoms with van der Waals surface area (Å²) in [4.78, 5) is 12.1. The molecule has 0 saturated heterocycles. The number of alkyl halides is 3. The molecular weight excluding hydrogens is 373 g/mol. The van der Waals surface area contributed by atoms with E-state index in [2.05, 4.69) is 25.9 Å². The molecule has 0 fully saturated rings. The number of rotatable bonds is 6. The summed E-state index contributed by atoms with van der Waals surface area (Å²) in [6.07, 6.45) is -2.82. The first-order chi connectivity index (χ1) is 13.3. The Morgan fingerprint density at radius 1 is 1.07 bits per heavy atom. The molecule has 0 spiro atoms. The van der Waals surface area contributed by atoms with Crippen LogP contribution in [-0.4, -0.2) is 39.0 Å². The van der Waals surface area contributed by atoms with Gasteiger partial charge in [-0.05, 0) is 37.3 Å². The maximum Gasteiger partial charge on any atom is 0.417 e. The predicted molar refractivity (Wildman–Crippen MR) is 96.2 cm³/mol. The summed E-state index contributed by atoms with van der Waals surface area (Å²) in [5, 5.41) is 17.7. The Kier molecular flexibility index (Phi) is 5.57. The number of nitrogens with one attached hydrogen (secondary N) is 2. The first kappa shape index (κ1) is 19.3. The monoisotopic (exact) mass is 390 g/mol. The van der Waals surface area contributed by atoms with Crippen molar-refractivity contribution in [3.63, 3.8) is 0 Å². The van der Waals surface area contributed by atoms with Crippen LogP contribution in [0.2, 0.25) is 0 Å². The van der Waals surface area contributed by atoms with E-state index in [9.17, 15) is 18.0 Å². The number of hydrogen-bond donors (Lipinski definition) is 2. The second-order valence-electron chi connectivity index (χ2n) is 5.90. The van der Waals surface area contributed by atoms with Crippen LogP contribution in [0.15, 0.2) is 48.7 Å². The van der Waals surface area contributed by atoms with Gasteiger partial charge in [-0.1, -0.05) is 12.1 Å². The van der Waals surface area contributed by atoms with Gasteiger partial charge in [0.2, 0.25) is 0 Å². The first-order valence-corrected chi connectivity index (χ1v) is 8.39. The molecule has 7 nitrogen and oxygen atoms in total. The molecule has 0 bridgehead atoms. The van der Waals surface area contributed by atoms with Crippen LogP contribution in [0.25, 0.3) is 5.82 Å². The molecule has 2 aromatic heterocycles. The number of aromatic nitrogens is 4. The van der Waals surface area contributed by atoms with Crippen LogP contribution >= 0.6 is 0 Å². The van der Waals surface area contributed by atoms with Gasteiger partial charge in [0, 0.05) is 19.3 Å². The van der Waals surface area contributed by atoms with Crippen molar-refractivity contribution in [1.82, 2.24) is 25.3 Å². The van der Waals surface area contributed by atoms with Gasteiger partial charge >= 0.3 is 6.18 Å². The second-order valence-corrected chi connectivity index (χ2v) is 5.90. The van der Waals surface area contributed by atoms with E-state index >= 15 is 0 Å². The van der Waals surface area contributed by atoms with Crippen LogP contribution in [0.5, 0.6) is 0 Å². The van der Waals surface area contributed by atoms with Crippen molar-refractivity contribution in [2.24, 2.45) is 0 Å². The van der Waals surface area contributed by atoms with E-state index in [-0.39, 0.29) is 13.1 Å². The number of anilines is 1. The fourth-order valence-corrected chi connectivity index (χ4v) is 2.47. The van der Waals surface area contributed by atoms with Gasteiger partial charge in [-0.2, -0.15) is 18.3 Å². The number of carbonyl (C=O) groups excluding carboxylic acids is 1. The summed E-state index contributed by atoms with van der Waals surface area (Å²) in [6, 6.07) is 9.92. The van der Waals surface area contributed by atoms with Crippen LogP contribution in [0.3, 0.4) is 0 Å². The third kappa shape index (κ3) is 4.64. The minimum atomic E-state index is -4.59. The lowest BCUT2D eigenvalue weighted by Gasteiger charge is -2.13. The van der Waals surface area contributed by atoms with Gasteiger partial charge < -0.3 is 10.6 Å². The number of carbonyl (C=O) groups is 1. The molecule has 10 heteroatoms. The largest absolute Gasteiger partial charge is 0.417 e. The SMILES string of the molecule is Cc1ccn(-c2ccc(NCCNC(=O)c3ccccc3C(F)(F)F)nn2)n1. The highest BCUT2D eigenvalue weighted by Gasteiger charge is 2.34. The molecule has 146 valence electrons. The van der Waals surface area contributed by atoms with Crippen LogP contribution < -0.4 is 10.6 Å². The van der Waals surface area contributed by atoms with Gasteiger partial charge in [0.05, 0.1) is 16.8 Å². The Hall–Kier alpha value is -3.43. The minimum Gasteiger partial charge on any atom is -0.367 e. The third-order valence-corrected chi connectivity index (χ3v) is 3.80. The summed E-state index contributed by atoms with van der Waals surface area (Å²) < 4.78 is 40.5. The van der Waals surface area contributed by atoms with Crippen molar-refractivity contribution in [1.29, 1.82) is 0 Å². The van der Waals surface area contributed by atoms with Crippen LogP contribution in [0, 0.1) is 6.92 Å². The summed E-state index contributed by atoms with van der Waals surface area (Å²) in [5.41, 5.74) is -0.517. The van der Waals surface area contributed by atoms with E-state index in [1.54, 1.807) is 23.0 Å². The van der Waals surface area contributed by atoms with Crippen molar-refractivity contribution >= 4 is 11.7 Å². The van der Waals surface area contributed by atoms with E-state index in [1.165, 1.54) is 12.1 Å². The Balaban J connectivity index is 1.52. The maximum absolute atomic E-state index is 13.0. The van der Waals surface area contributed by atoms with Gasteiger partial charge in [-0.3, -0.25) is 4.79 Å². The van der Waals surface area contributed by atoms with E-state index in [4.69, 9.17) is 0 Å². The normalized spacial score (nSPS) is 11.3. The molecule has 0 atom stereocenters. The van der Waals surface area contributed by atoms with Crippen molar-refractivity contribution in [3.05, 3.63) is 65.5 Å². The zero-order valence-electron chi connectivity index (χ0n) is 14.9. The Morgan fingerprint density at radius 3 is 2.50 bits per heavy atom. The number of amides is 1. The first-order valence-electron chi connectivity index (χ1n) is 8.39. The highest BCUT2D eigenvalue weighted by molar-refractivity contribution is 5.95. The average molecular weight is 390 g/mol. The zero-order valence-corrected chi connectivity index (χ0v) is 14.9. The maximum atomic E-state index is 13.0. The number of hydrogen-bond acceptors (Lipinski definition) is 5. The Morgan fingerprint density at radius 2 is 1.86 bits per heavy atom. The Bertz CT molecular complexity index is 952. The van der Waals surface area contributed by atoms with Gasteiger partial charge in [0.1, 0.15) is 5.82 Å². The van der Waals surface area contributed by atoms with Crippen molar-refractivity contribution in [2.45, 2.75) is 13.1 Å². The molecule has 2 heterocycles. The smallest absolute Gasteiger partial charge is 0.367 e. The summed E-state index contributed by atoms with van der Waals surface area (Å²) in [6.45, 7) is 2.25. The molecule has 1 aromatic carbocycles. The van der Waals surface area contributed by atoms with E-state index < -0.39 is 23.2 Å². The topological polar surface area (TPSA) is 84.7 Å². The zero-order chi connectivity index (χ0) is 20.1. The lowest BCUT2D eigenvalue weighted by molar-refractivity contribution is -0.137. The average Bonchev–Trinajstić information content (AvgIpc) is 3.11. The van der Waals surface area contributed by atoms with Gasteiger partial charge in [-0.25, -0.2) is 4.68 Å². The third-order valence-electron chi connectivity index (χ3n) is 3.80. The standard InChI is InChI=1S/C18H17F3N6O/c1-12-8-11-27(26-12)16-7-6-15(24-25-16)22-9-10-23-17(28)13-4-2-3-5-14(13)18(19,20)21/h2-8,11H,9-10H2,1H3,(H,22,24)(H,23,28). The van der Waals surface area contributed by atoms with Crippen LogP contribution in [-0.2, 0) is 6.18 Å². The van der Waals surface area contributed by atoms with Gasteiger partial charge in [0.25, 0.3) is 5.91 Å². The molecule has 28 heavy (non-hydrogen) atoms. The minimum absolute atomic E-state index is 0.118. The number of halogens is 3. The summed E-state index contributed by atoms with van der Waals surface area (Å²) in [7, 11) is 0. The molecule has 3 aromatic rings. The molecule has 0 aliphatic heterocycles. The van der Waals surface area contributed by atoms with Gasteiger partial charge in [0.15, 0.2) is 5.82 Å². The lowest BCUT2D eigenvalue weighted by Crippen LogP contribution is -2.30. The molecule has 3 rings (SSSR count). The van der Waals surface area contributed by atoms with E-state index in [1.807, 2.05) is 13.0 Å². The highest BCUT2D eigenvalue weighted by Crippen LogP contribution is 2.31. The molecule has 0 aliphatic rings. The van der Waals surface area contributed by atoms with Gasteiger partial charge in [-0.15, -0.1) is 10.2 Å². The lowest BCUT2D eigenvalue weighted by atomic mass is 10.1. The number of benzene rings is 1. The van der Waals surface area contributed by atoms with E-state index in [0.717, 1.165) is 17.8 Å². The van der Waals surface area contributed by atoms with Crippen LogP contribution in [0.4, 0.5) is 19.0 Å². The van der Waals surface area contributed by atoms with Crippen molar-refractivity contribution < 1.29 is 18.0 Å². The molecule has 0 radical (unpaired) electrons. The summed E-state index contributed by atoms with van der Waals surface area (Å²) in [5.74, 6) is 0.235. The van der Waals surface area contributed by atoms with Crippen LogP contribution in [0.1, 0.15) is 21.6 Å². The predicted octanol–water partition coefficient (Wildman–Crippen LogP) is 2.83. The molecular formula is C18H17F3N6O. The highest BCUT2D eigenvalue weighted by atomic mass is 19.4. The fraction of sp³-hybridized carbons (Fsp3) is 0.222. The van der Waals surface area contributed by atoms with E-state index in [0.29, 0.717) is 11.6 Å². The molecule has 0 saturated carbocycles. The summed E-state index contributed by atoms with van der Waals surface area (Å²) >= 11 is 0. The molecule has 2 N–H and O–H groups in total. The fourth-order valence-electron chi connectivity index (χ4n) is 2.47. The molecule has 0 unspecified atom stereocenters. The number of aryl methyl sites for hydroxylation is 1. The van der Waals surface area contributed by atoms with Crippen molar-refractivity contribution in [2.75, 3.05) is 18.4 Å². The quantitative estimate of drug-likeness (QED) is 0.633. The molecule has 1 amide bonds. The number of nitrogens with zero attached hydrogens (tertiary/aromatic N) is 4. The van der Waals surface area contributed by atoms with Crippen molar-refractivity contribution in [3.8, 4) is 5.82 Å². The molecule has 0 aliphatic carbocycles.